The minimum atomic E-state index is 0.0236. The van der Waals surface area contributed by atoms with Crippen LogP contribution in [0.25, 0.3) is 0 Å². The first-order chi connectivity index (χ1) is 14.8. The summed E-state index contributed by atoms with van der Waals surface area (Å²) >= 11 is 2.45. The van der Waals surface area contributed by atoms with Crippen LogP contribution in [0.15, 0.2) is 12.2 Å². The molecule has 0 aromatic heterocycles. The van der Waals surface area contributed by atoms with Crippen molar-refractivity contribution in [2.45, 2.75) is 142 Å². The molecule has 0 bridgehead atoms. The molecule has 0 spiro atoms. The van der Waals surface area contributed by atoms with Gasteiger partial charge in [-0.25, -0.2) is 0 Å². The Bertz CT molecular complexity index is 315. The first-order valence-electron chi connectivity index (χ1n) is 13.3. The molecule has 180 valence electrons. The highest BCUT2D eigenvalue weighted by atomic mass is 127. The smallest absolute Gasteiger partial charge is 0.157 e. The molecule has 0 heterocycles. The Morgan fingerprint density at radius 3 is 1.57 bits per heavy atom. The van der Waals surface area contributed by atoms with Crippen molar-refractivity contribution in [2.24, 2.45) is 0 Å². The first kappa shape index (κ1) is 30.4. The maximum atomic E-state index is 6.13. The van der Waals surface area contributed by atoms with Crippen LogP contribution in [0.3, 0.4) is 0 Å². The first-order valence-corrected chi connectivity index (χ1v) is 14.8. The molecule has 2 nitrogen and oxygen atoms in total. The van der Waals surface area contributed by atoms with Crippen LogP contribution in [-0.4, -0.2) is 23.9 Å². The van der Waals surface area contributed by atoms with Gasteiger partial charge in [-0.3, -0.25) is 0 Å². The van der Waals surface area contributed by atoms with Crippen LogP contribution in [0.2, 0.25) is 0 Å². The molecule has 0 aliphatic heterocycles. The maximum absolute atomic E-state index is 6.13. The van der Waals surface area contributed by atoms with Crippen molar-refractivity contribution in [3.8, 4) is 0 Å². The van der Waals surface area contributed by atoms with E-state index in [2.05, 4.69) is 48.6 Å². The molecule has 0 rings (SSSR count). The predicted octanol–water partition coefficient (Wildman–Crippen LogP) is 9.79. The lowest BCUT2D eigenvalue weighted by Gasteiger charge is -2.19. The van der Waals surface area contributed by atoms with Gasteiger partial charge in [-0.2, -0.15) is 0 Å². The number of hydrogen-bond donors (Lipinski definition) is 0. The Morgan fingerprint density at radius 1 is 0.567 bits per heavy atom. The van der Waals surface area contributed by atoms with E-state index in [0.717, 1.165) is 19.6 Å². The van der Waals surface area contributed by atoms with E-state index in [4.69, 9.17) is 9.47 Å². The summed E-state index contributed by atoms with van der Waals surface area (Å²) < 4.78 is 13.5. The zero-order valence-electron chi connectivity index (χ0n) is 20.5. The van der Waals surface area contributed by atoms with E-state index in [9.17, 15) is 0 Å². The summed E-state index contributed by atoms with van der Waals surface area (Å²) in [7, 11) is 0. The minimum Gasteiger partial charge on any atom is -0.353 e. The van der Waals surface area contributed by atoms with Crippen molar-refractivity contribution in [1.29, 1.82) is 0 Å². The molecule has 3 heteroatoms. The van der Waals surface area contributed by atoms with Crippen molar-refractivity contribution in [2.75, 3.05) is 17.6 Å². The van der Waals surface area contributed by atoms with Gasteiger partial charge in [0.25, 0.3) is 0 Å². The van der Waals surface area contributed by atoms with Gasteiger partial charge in [0.15, 0.2) is 6.29 Å². The lowest BCUT2D eigenvalue weighted by Crippen LogP contribution is -2.19. The summed E-state index contributed by atoms with van der Waals surface area (Å²) in [5.74, 6) is 0. The summed E-state index contributed by atoms with van der Waals surface area (Å²) in [5, 5.41) is 0. The second-order valence-electron chi connectivity index (χ2n) is 8.65. The van der Waals surface area contributed by atoms with Gasteiger partial charge >= 0.3 is 0 Å². The van der Waals surface area contributed by atoms with E-state index in [1.54, 1.807) is 0 Å². The third-order valence-corrected chi connectivity index (χ3v) is 6.35. The van der Waals surface area contributed by atoms with E-state index in [-0.39, 0.29) is 6.29 Å². The van der Waals surface area contributed by atoms with Gasteiger partial charge in [-0.05, 0) is 55.8 Å². The van der Waals surface area contributed by atoms with Crippen molar-refractivity contribution in [3.05, 3.63) is 12.2 Å². The lowest BCUT2D eigenvalue weighted by atomic mass is 10.1. The molecule has 0 aromatic rings. The fourth-order valence-electron chi connectivity index (χ4n) is 3.59. The zero-order chi connectivity index (χ0) is 22.0. The molecule has 0 fully saturated rings. The predicted molar refractivity (Wildman–Crippen MR) is 143 cm³/mol. The number of hydrogen-bond acceptors (Lipinski definition) is 2. The molecule has 0 saturated heterocycles. The van der Waals surface area contributed by atoms with Crippen molar-refractivity contribution >= 4 is 22.6 Å². The monoisotopic (exact) mass is 536 g/mol. The van der Waals surface area contributed by atoms with Crippen molar-refractivity contribution < 1.29 is 9.47 Å². The lowest BCUT2D eigenvalue weighted by molar-refractivity contribution is -0.148. The van der Waals surface area contributed by atoms with Crippen LogP contribution in [0.4, 0.5) is 0 Å². The largest absolute Gasteiger partial charge is 0.353 e. The molecule has 0 aliphatic rings. The van der Waals surface area contributed by atoms with E-state index < -0.39 is 0 Å². The molecule has 30 heavy (non-hydrogen) atoms. The second kappa shape index (κ2) is 27.4. The highest BCUT2D eigenvalue weighted by molar-refractivity contribution is 14.1. The SMILES string of the molecule is CCCCCCCCOC(CCCCC/C=C/CCCI)OCCCCCCCC. The summed E-state index contributed by atoms with van der Waals surface area (Å²) in [6.07, 6.45) is 29.2. The standard InChI is InChI=1S/C27H53IO2/c1-3-5-7-9-17-21-25-29-27(30-26-22-18-10-8-6-4-2)23-19-15-13-11-12-14-16-20-24-28/h12,14,27H,3-11,13,15-26H2,1-2H3/b14-12+. The van der Waals surface area contributed by atoms with E-state index >= 15 is 0 Å². The Morgan fingerprint density at radius 2 is 1.03 bits per heavy atom. The van der Waals surface area contributed by atoms with Crippen LogP contribution < -0.4 is 0 Å². The second-order valence-corrected chi connectivity index (χ2v) is 9.73. The van der Waals surface area contributed by atoms with Gasteiger partial charge < -0.3 is 9.47 Å². The Kier molecular flexibility index (Phi) is 27.8. The average Bonchev–Trinajstić information content (AvgIpc) is 2.76. The number of allylic oxidation sites excluding steroid dienone is 2. The van der Waals surface area contributed by atoms with E-state index in [1.165, 1.54) is 120 Å². The molecule has 0 unspecified atom stereocenters. The van der Waals surface area contributed by atoms with Gasteiger partial charge in [0.05, 0.1) is 0 Å². The molecule has 0 atom stereocenters. The molecule has 0 amide bonds. The zero-order valence-corrected chi connectivity index (χ0v) is 22.6. The Balaban J connectivity index is 3.86. The normalized spacial score (nSPS) is 11.9. The highest BCUT2D eigenvalue weighted by Gasteiger charge is 2.09. The van der Waals surface area contributed by atoms with Crippen molar-refractivity contribution in [1.82, 2.24) is 0 Å². The van der Waals surface area contributed by atoms with Gasteiger partial charge in [-0.1, -0.05) is 119 Å². The number of ether oxygens (including phenoxy) is 2. The van der Waals surface area contributed by atoms with Gasteiger partial charge in [0.1, 0.15) is 0 Å². The fraction of sp³-hybridized carbons (Fsp3) is 0.926. The summed E-state index contributed by atoms with van der Waals surface area (Å²) in [5.41, 5.74) is 0. The topological polar surface area (TPSA) is 18.5 Å². The Labute approximate surface area is 203 Å². The van der Waals surface area contributed by atoms with Crippen LogP contribution >= 0.6 is 22.6 Å². The minimum absolute atomic E-state index is 0.0236. The van der Waals surface area contributed by atoms with E-state index in [1.807, 2.05) is 0 Å². The number of rotatable bonds is 25. The Hall–Kier alpha value is 0.390. The summed E-state index contributed by atoms with van der Waals surface area (Å²) in [4.78, 5) is 0. The summed E-state index contributed by atoms with van der Waals surface area (Å²) in [6, 6.07) is 0. The average molecular weight is 537 g/mol. The van der Waals surface area contributed by atoms with Crippen LogP contribution in [-0.2, 0) is 9.47 Å². The van der Waals surface area contributed by atoms with Gasteiger partial charge in [-0.15, -0.1) is 0 Å². The van der Waals surface area contributed by atoms with E-state index in [0.29, 0.717) is 0 Å². The van der Waals surface area contributed by atoms with Crippen LogP contribution in [0.5, 0.6) is 0 Å². The van der Waals surface area contributed by atoms with Crippen LogP contribution in [0.1, 0.15) is 136 Å². The molecule has 0 N–H and O–H groups in total. The fourth-order valence-corrected chi connectivity index (χ4v) is 4.03. The number of alkyl halides is 1. The quantitative estimate of drug-likeness (QED) is 0.0380. The number of unbranched alkanes of at least 4 members (excludes halogenated alkanes) is 14. The van der Waals surface area contributed by atoms with Crippen molar-refractivity contribution in [3.63, 3.8) is 0 Å². The molecular formula is C27H53IO2. The highest BCUT2D eigenvalue weighted by Crippen LogP contribution is 2.13. The molecular weight excluding hydrogens is 483 g/mol. The van der Waals surface area contributed by atoms with Crippen LogP contribution in [0, 0.1) is 0 Å². The molecule has 0 aliphatic carbocycles. The molecule has 0 aromatic carbocycles. The van der Waals surface area contributed by atoms with Gasteiger partial charge in [0, 0.05) is 13.2 Å². The maximum Gasteiger partial charge on any atom is 0.157 e. The third kappa shape index (κ3) is 24.7. The molecule has 0 radical (unpaired) electrons. The summed E-state index contributed by atoms with van der Waals surface area (Å²) in [6.45, 7) is 6.29. The van der Waals surface area contributed by atoms with Gasteiger partial charge in [0.2, 0.25) is 0 Å². The molecule has 0 saturated carbocycles. The number of halogens is 1. The third-order valence-electron chi connectivity index (χ3n) is 5.58.